The van der Waals surface area contributed by atoms with E-state index in [0.29, 0.717) is 6.73 Å². The van der Waals surface area contributed by atoms with Crippen molar-refractivity contribution in [3.05, 3.63) is 48.2 Å². The SMILES string of the molecule is Cc1cccc2c1OC[N+](c1ccccn1)=N2. The average molecular weight is 226 g/mol. The lowest BCUT2D eigenvalue weighted by atomic mass is 10.2. The Hall–Kier alpha value is -2.23. The maximum atomic E-state index is 5.71. The van der Waals surface area contributed by atoms with Crippen LogP contribution >= 0.6 is 0 Å². The number of nitrogens with zero attached hydrogens (tertiary/aromatic N) is 3. The molecule has 0 aliphatic carbocycles. The van der Waals surface area contributed by atoms with Crippen LogP contribution in [0.15, 0.2) is 47.7 Å². The van der Waals surface area contributed by atoms with Crippen molar-refractivity contribution in [2.45, 2.75) is 6.92 Å². The van der Waals surface area contributed by atoms with Crippen molar-refractivity contribution >= 4 is 11.5 Å². The minimum absolute atomic E-state index is 0.398. The number of fused-ring (bicyclic) bond motifs is 1. The van der Waals surface area contributed by atoms with Crippen LogP contribution < -0.4 is 4.74 Å². The van der Waals surface area contributed by atoms with Crippen molar-refractivity contribution < 1.29 is 9.43 Å². The Morgan fingerprint density at radius 2 is 2.12 bits per heavy atom. The smallest absolute Gasteiger partial charge is 0.346 e. The second-order valence-electron chi connectivity index (χ2n) is 3.88. The lowest BCUT2D eigenvalue weighted by molar-refractivity contribution is -0.547. The van der Waals surface area contributed by atoms with Gasteiger partial charge in [-0.05, 0) is 29.6 Å². The predicted molar refractivity (Wildman–Crippen MR) is 62.9 cm³/mol. The Morgan fingerprint density at radius 1 is 1.18 bits per heavy atom. The highest BCUT2D eigenvalue weighted by Crippen LogP contribution is 2.34. The van der Waals surface area contributed by atoms with E-state index < -0.39 is 0 Å². The minimum Gasteiger partial charge on any atom is -0.450 e. The van der Waals surface area contributed by atoms with Crippen LogP contribution in [0.2, 0.25) is 0 Å². The van der Waals surface area contributed by atoms with E-state index in [4.69, 9.17) is 4.74 Å². The molecular formula is C13H12N3O+. The molecule has 0 saturated carbocycles. The number of benzene rings is 1. The van der Waals surface area contributed by atoms with Gasteiger partial charge in [-0.3, -0.25) is 0 Å². The first-order valence-electron chi connectivity index (χ1n) is 5.47. The Balaban J connectivity index is 2.07. The normalized spacial score (nSPS) is 13.6. The number of hydrogen-bond donors (Lipinski definition) is 0. The van der Waals surface area contributed by atoms with Crippen LogP contribution in [0.1, 0.15) is 5.56 Å². The lowest BCUT2D eigenvalue weighted by Gasteiger charge is -2.14. The van der Waals surface area contributed by atoms with Crippen LogP contribution in [0.5, 0.6) is 5.75 Å². The third-order valence-electron chi connectivity index (χ3n) is 2.66. The number of aromatic nitrogens is 1. The summed E-state index contributed by atoms with van der Waals surface area (Å²) in [7, 11) is 0. The van der Waals surface area contributed by atoms with Crippen molar-refractivity contribution in [1.29, 1.82) is 0 Å². The average Bonchev–Trinajstić information content (AvgIpc) is 2.40. The minimum atomic E-state index is 0.398. The number of aryl methyl sites for hydroxylation is 1. The molecule has 0 unspecified atom stereocenters. The molecule has 0 N–H and O–H groups in total. The molecule has 2 heterocycles. The summed E-state index contributed by atoms with van der Waals surface area (Å²) in [5.74, 6) is 1.65. The van der Waals surface area contributed by atoms with Gasteiger partial charge in [0, 0.05) is 6.07 Å². The third kappa shape index (κ3) is 1.78. The molecule has 0 spiro atoms. The molecule has 17 heavy (non-hydrogen) atoms. The highest BCUT2D eigenvalue weighted by Gasteiger charge is 2.20. The van der Waals surface area contributed by atoms with Gasteiger partial charge in [-0.25, -0.2) is 0 Å². The fourth-order valence-corrected chi connectivity index (χ4v) is 1.81. The van der Waals surface area contributed by atoms with E-state index in [1.807, 2.05) is 43.3 Å². The van der Waals surface area contributed by atoms with Crippen LogP contribution in [0, 0.1) is 6.92 Å². The molecule has 0 radical (unpaired) electrons. The summed E-state index contributed by atoms with van der Waals surface area (Å²) in [5, 5.41) is 4.52. The molecular weight excluding hydrogens is 214 g/mol. The van der Waals surface area contributed by atoms with Crippen LogP contribution in [-0.4, -0.2) is 16.4 Å². The summed E-state index contributed by atoms with van der Waals surface area (Å²) in [5.41, 5.74) is 1.95. The maximum absolute atomic E-state index is 5.71. The Kier molecular flexibility index (Phi) is 2.33. The summed E-state index contributed by atoms with van der Waals surface area (Å²) in [6.45, 7) is 2.42. The molecule has 0 atom stereocenters. The lowest BCUT2D eigenvalue weighted by Crippen LogP contribution is -2.16. The standard InChI is InChI=1S/C13H12N3O/c1-10-5-4-6-11-13(10)17-9-16(15-11)12-7-2-3-8-14-12/h2-8H,9H2,1H3/q+1. The highest BCUT2D eigenvalue weighted by atomic mass is 16.5. The number of pyridine rings is 1. The van der Waals surface area contributed by atoms with E-state index >= 15 is 0 Å². The van der Waals surface area contributed by atoms with Gasteiger partial charge in [0.1, 0.15) is 11.9 Å². The van der Waals surface area contributed by atoms with E-state index in [1.54, 1.807) is 10.9 Å². The number of rotatable bonds is 1. The molecule has 0 amide bonds. The van der Waals surface area contributed by atoms with Gasteiger partial charge in [0.2, 0.25) is 0 Å². The molecule has 4 nitrogen and oxygen atoms in total. The van der Waals surface area contributed by atoms with Crippen LogP contribution in [0.3, 0.4) is 0 Å². The van der Waals surface area contributed by atoms with E-state index in [0.717, 1.165) is 22.8 Å². The molecule has 0 saturated heterocycles. The van der Waals surface area contributed by atoms with Gasteiger partial charge in [-0.15, -0.1) is 0 Å². The first kappa shape index (κ1) is 9.96. The zero-order valence-electron chi connectivity index (χ0n) is 9.50. The molecule has 1 aromatic heterocycles. The molecule has 4 heteroatoms. The Bertz CT molecular complexity index is 578. The number of azo groups is 2. The van der Waals surface area contributed by atoms with E-state index in [2.05, 4.69) is 10.1 Å². The Morgan fingerprint density at radius 3 is 2.94 bits per heavy atom. The van der Waals surface area contributed by atoms with Gasteiger partial charge in [-0.2, -0.15) is 0 Å². The summed E-state index contributed by atoms with van der Waals surface area (Å²) in [6.07, 6.45) is 1.75. The molecule has 3 rings (SSSR count). The largest absolute Gasteiger partial charge is 0.450 e. The van der Waals surface area contributed by atoms with Crippen molar-refractivity contribution in [2.75, 3.05) is 6.73 Å². The van der Waals surface area contributed by atoms with Crippen molar-refractivity contribution in [2.24, 2.45) is 5.11 Å². The number of para-hydroxylation sites is 1. The number of hydrogen-bond acceptors (Lipinski definition) is 3. The van der Waals surface area contributed by atoms with Gasteiger partial charge in [0.05, 0.1) is 0 Å². The molecule has 0 fully saturated rings. The van der Waals surface area contributed by atoms with E-state index in [-0.39, 0.29) is 0 Å². The van der Waals surface area contributed by atoms with Crippen molar-refractivity contribution in [3.63, 3.8) is 0 Å². The van der Waals surface area contributed by atoms with Crippen LogP contribution in [-0.2, 0) is 0 Å². The van der Waals surface area contributed by atoms with Gasteiger partial charge in [0.25, 0.3) is 6.73 Å². The fourth-order valence-electron chi connectivity index (χ4n) is 1.81. The zero-order chi connectivity index (χ0) is 11.7. The first-order chi connectivity index (χ1) is 8.34. The second-order valence-corrected chi connectivity index (χ2v) is 3.88. The third-order valence-corrected chi connectivity index (χ3v) is 2.66. The van der Waals surface area contributed by atoms with Gasteiger partial charge < -0.3 is 4.74 Å². The maximum Gasteiger partial charge on any atom is 0.346 e. The highest BCUT2D eigenvalue weighted by molar-refractivity contribution is 5.55. The fraction of sp³-hybridized carbons (Fsp3) is 0.154. The first-order valence-corrected chi connectivity index (χ1v) is 5.47. The summed E-state index contributed by atoms with van der Waals surface area (Å²) < 4.78 is 7.47. The molecule has 84 valence electrons. The summed E-state index contributed by atoms with van der Waals surface area (Å²) >= 11 is 0. The predicted octanol–water partition coefficient (Wildman–Crippen LogP) is 3.17. The van der Waals surface area contributed by atoms with Crippen LogP contribution in [0.4, 0.5) is 11.5 Å². The molecule has 2 aromatic rings. The second kappa shape index (κ2) is 3.97. The molecule has 0 bridgehead atoms. The zero-order valence-corrected chi connectivity index (χ0v) is 9.50. The number of ether oxygens (including phenoxy) is 1. The monoisotopic (exact) mass is 226 g/mol. The molecule has 1 aliphatic rings. The van der Waals surface area contributed by atoms with Crippen molar-refractivity contribution in [1.82, 2.24) is 4.98 Å². The topological polar surface area (TPSA) is 37.5 Å². The summed E-state index contributed by atoms with van der Waals surface area (Å²) in [4.78, 5) is 4.25. The quantitative estimate of drug-likeness (QED) is 0.700. The van der Waals surface area contributed by atoms with Crippen LogP contribution in [0.25, 0.3) is 0 Å². The Labute approximate surface area is 99.2 Å². The molecule has 1 aliphatic heterocycles. The van der Waals surface area contributed by atoms with E-state index in [9.17, 15) is 0 Å². The van der Waals surface area contributed by atoms with Gasteiger partial charge >= 0.3 is 5.82 Å². The van der Waals surface area contributed by atoms with E-state index in [1.165, 1.54) is 0 Å². The van der Waals surface area contributed by atoms with Gasteiger partial charge in [0.15, 0.2) is 5.75 Å². The summed E-state index contributed by atoms with van der Waals surface area (Å²) in [6, 6.07) is 11.7. The van der Waals surface area contributed by atoms with Crippen molar-refractivity contribution in [3.8, 4) is 5.75 Å². The van der Waals surface area contributed by atoms with Gasteiger partial charge in [-0.1, -0.05) is 28.0 Å². The molecule has 1 aromatic carbocycles.